The SMILES string of the molecule is CC1c2ccc(N(C)C)cc2Oc2cc(N(C)C)ccc21. The zero-order chi connectivity index (χ0) is 15.1. The van der Waals surface area contributed by atoms with Gasteiger partial charge in [-0.05, 0) is 12.1 Å². The van der Waals surface area contributed by atoms with Crippen molar-refractivity contribution in [1.29, 1.82) is 0 Å². The van der Waals surface area contributed by atoms with E-state index in [1.807, 2.05) is 28.2 Å². The van der Waals surface area contributed by atoms with Gasteiger partial charge in [0.2, 0.25) is 0 Å². The molecular weight excluding hydrogens is 260 g/mol. The molecule has 0 spiro atoms. The number of nitrogens with zero attached hydrogens (tertiary/aromatic N) is 2. The summed E-state index contributed by atoms with van der Waals surface area (Å²) in [5, 5.41) is 0. The predicted octanol–water partition coefficient (Wildman–Crippen LogP) is 4.08. The number of fused-ring (bicyclic) bond motifs is 2. The van der Waals surface area contributed by atoms with Crippen molar-refractivity contribution in [1.82, 2.24) is 0 Å². The normalized spacial score (nSPS) is 13.2. The van der Waals surface area contributed by atoms with E-state index in [1.54, 1.807) is 0 Å². The first-order chi connectivity index (χ1) is 9.97. The van der Waals surface area contributed by atoms with Gasteiger partial charge in [-0.15, -0.1) is 0 Å². The molecule has 1 aliphatic rings. The van der Waals surface area contributed by atoms with Crippen molar-refractivity contribution >= 4 is 11.4 Å². The minimum Gasteiger partial charge on any atom is -0.457 e. The van der Waals surface area contributed by atoms with Gasteiger partial charge in [0.05, 0.1) is 0 Å². The molecule has 3 nitrogen and oxygen atoms in total. The van der Waals surface area contributed by atoms with E-state index >= 15 is 0 Å². The molecule has 0 fully saturated rings. The Kier molecular flexibility index (Phi) is 3.28. The molecule has 1 aliphatic heterocycles. The maximum absolute atomic E-state index is 6.18. The first kappa shape index (κ1) is 13.8. The highest BCUT2D eigenvalue weighted by atomic mass is 16.5. The third-order valence-electron chi connectivity index (χ3n) is 4.18. The molecule has 21 heavy (non-hydrogen) atoms. The van der Waals surface area contributed by atoms with Gasteiger partial charge in [-0.3, -0.25) is 0 Å². The van der Waals surface area contributed by atoms with Crippen molar-refractivity contribution in [3.05, 3.63) is 47.5 Å². The van der Waals surface area contributed by atoms with Gasteiger partial charge in [0.15, 0.2) is 0 Å². The van der Waals surface area contributed by atoms with Gasteiger partial charge >= 0.3 is 0 Å². The molecule has 0 amide bonds. The maximum Gasteiger partial charge on any atom is 0.133 e. The van der Waals surface area contributed by atoms with E-state index in [2.05, 4.69) is 53.1 Å². The van der Waals surface area contributed by atoms with Crippen molar-refractivity contribution in [3.63, 3.8) is 0 Å². The largest absolute Gasteiger partial charge is 0.457 e. The fourth-order valence-corrected chi connectivity index (χ4v) is 2.78. The predicted molar refractivity (Wildman–Crippen MR) is 89.1 cm³/mol. The van der Waals surface area contributed by atoms with Crippen molar-refractivity contribution < 1.29 is 4.74 Å². The van der Waals surface area contributed by atoms with Crippen LogP contribution in [0.25, 0.3) is 0 Å². The number of hydrogen-bond acceptors (Lipinski definition) is 3. The number of ether oxygens (including phenoxy) is 1. The van der Waals surface area contributed by atoms with Gasteiger partial charge in [-0.1, -0.05) is 19.1 Å². The van der Waals surface area contributed by atoms with E-state index in [0.717, 1.165) is 22.9 Å². The Bertz CT molecular complexity index is 619. The van der Waals surface area contributed by atoms with Gasteiger partial charge < -0.3 is 14.5 Å². The van der Waals surface area contributed by atoms with E-state index < -0.39 is 0 Å². The quantitative estimate of drug-likeness (QED) is 0.825. The number of hydrogen-bond donors (Lipinski definition) is 0. The molecule has 110 valence electrons. The van der Waals surface area contributed by atoms with Crippen LogP contribution in [0.1, 0.15) is 24.0 Å². The summed E-state index contributed by atoms with van der Waals surface area (Å²) in [6.45, 7) is 2.24. The maximum atomic E-state index is 6.18. The Morgan fingerprint density at radius 1 is 0.762 bits per heavy atom. The Balaban J connectivity index is 2.06. The number of anilines is 2. The smallest absolute Gasteiger partial charge is 0.133 e. The van der Waals surface area contributed by atoms with Crippen molar-refractivity contribution in [2.24, 2.45) is 0 Å². The molecule has 0 aliphatic carbocycles. The van der Waals surface area contributed by atoms with Crippen LogP contribution in [0, 0.1) is 0 Å². The van der Waals surface area contributed by atoms with E-state index in [4.69, 9.17) is 4.74 Å². The zero-order valence-electron chi connectivity index (χ0n) is 13.3. The summed E-state index contributed by atoms with van der Waals surface area (Å²) in [4.78, 5) is 4.19. The molecule has 0 saturated heterocycles. The van der Waals surface area contributed by atoms with Crippen LogP contribution in [-0.4, -0.2) is 28.2 Å². The first-order valence-corrected chi connectivity index (χ1v) is 7.28. The third-order valence-corrected chi connectivity index (χ3v) is 4.18. The lowest BCUT2D eigenvalue weighted by Crippen LogP contribution is -2.13. The fourth-order valence-electron chi connectivity index (χ4n) is 2.78. The molecular formula is C18H22N2O. The highest BCUT2D eigenvalue weighted by molar-refractivity contribution is 5.63. The molecule has 2 aromatic rings. The molecule has 0 atom stereocenters. The molecule has 0 unspecified atom stereocenters. The van der Waals surface area contributed by atoms with E-state index in [1.165, 1.54) is 11.1 Å². The minimum atomic E-state index is 0.358. The second kappa shape index (κ2) is 4.99. The molecule has 0 N–H and O–H groups in total. The molecule has 1 heterocycles. The van der Waals surface area contributed by atoms with Crippen LogP contribution in [0.3, 0.4) is 0 Å². The van der Waals surface area contributed by atoms with Crippen LogP contribution in [0.2, 0.25) is 0 Å². The highest BCUT2D eigenvalue weighted by Crippen LogP contribution is 2.46. The van der Waals surface area contributed by atoms with E-state index in [-0.39, 0.29) is 0 Å². The highest BCUT2D eigenvalue weighted by Gasteiger charge is 2.24. The lowest BCUT2D eigenvalue weighted by Gasteiger charge is -2.28. The van der Waals surface area contributed by atoms with E-state index in [9.17, 15) is 0 Å². The van der Waals surface area contributed by atoms with E-state index in [0.29, 0.717) is 5.92 Å². The molecule has 2 aromatic carbocycles. The van der Waals surface area contributed by atoms with Crippen LogP contribution >= 0.6 is 0 Å². The lowest BCUT2D eigenvalue weighted by molar-refractivity contribution is 0.450. The Labute approximate surface area is 126 Å². The molecule has 0 radical (unpaired) electrons. The van der Waals surface area contributed by atoms with Crippen LogP contribution in [-0.2, 0) is 0 Å². The van der Waals surface area contributed by atoms with Gasteiger partial charge in [0.1, 0.15) is 11.5 Å². The summed E-state index contributed by atoms with van der Waals surface area (Å²) in [5.74, 6) is 2.30. The Hall–Kier alpha value is -2.16. The van der Waals surface area contributed by atoms with Gasteiger partial charge in [-0.2, -0.15) is 0 Å². The molecule has 3 heteroatoms. The summed E-state index contributed by atoms with van der Waals surface area (Å²) in [5.41, 5.74) is 4.83. The van der Waals surface area contributed by atoms with Gasteiger partial charge in [0.25, 0.3) is 0 Å². The van der Waals surface area contributed by atoms with Gasteiger partial charge in [-0.25, -0.2) is 0 Å². The zero-order valence-corrected chi connectivity index (χ0v) is 13.3. The van der Waals surface area contributed by atoms with Crippen LogP contribution in [0.5, 0.6) is 11.5 Å². The van der Waals surface area contributed by atoms with Crippen molar-refractivity contribution in [2.75, 3.05) is 38.0 Å². The summed E-state index contributed by atoms with van der Waals surface area (Å²) in [6, 6.07) is 12.9. The van der Waals surface area contributed by atoms with Crippen molar-refractivity contribution in [2.45, 2.75) is 12.8 Å². The first-order valence-electron chi connectivity index (χ1n) is 7.28. The molecule has 0 bridgehead atoms. The Morgan fingerprint density at radius 3 is 1.57 bits per heavy atom. The topological polar surface area (TPSA) is 15.7 Å². The fraction of sp³-hybridized carbons (Fsp3) is 0.333. The van der Waals surface area contributed by atoms with Gasteiger partial charge in [0, 0.05) is 68.7 Å². The molecule has 0 saturated carbocycles. The third kappa shape index (κ3) is 2.33. The number of benzene rings is 2. The Morgan fingerprint density at radius 2 is 1.19 bits per heavy atom. The van der Waals surface area contributed by atoms with Crippen LogP contribution in [0.15, 0.2) is 36.4 Å². The average molecular weight is 282 g/mol. The minimum absolute atomic E-state index is 0.358. The summed E-state index contributed by atoms with van der Waals surface area (Å²) < 4.78 is 6.18. The second-order valence-corrected chi connectivity index (χ2v) is 6.06. The lowest BCUT2D eigenvalue weighted by atomic mass is 9.89. The number of rotatable bonds is 2. The molecule has 0 aromatic heterocycles. The summed E-state index contributed by atoms with van der Waals surface area (Å²) >= 11 is 0. The second-order valence-electron chi connectivity index (χ2n) is 6.06. The molecule has 3 rings (SSSR count). The monoisotopic (exact) mass is 282 g/mol. The summed E-state index contributed by atoms with van der Waals surface area (Å²) in [6.07, 6.45) is 0. The standard InChI is InChI=1S/C18H22N2O/c1-12-15-8-6-13(19(2)3)10-17(15)21-18-11-14(20(4)5)7-9-16(12)18/h6-12H,1-5H3. The van der Waals surface area contributed by atoms with Crippen molar-refractivity contribution in [3.8, 4) is 11.5 Å². The summed E-state index contributed by atoms with van der Waals surface area (Å²) in [7, 11) is 8.19. The van der Waals surface area contributed by atoms with Crippen LogP contribution in [0.4, 0.5) is 11.4 Å². The van der Waals surface area contributed by atoms with Crippen LogP contribution < -0.4 is 14.5 Å². The average Bonchev–Trinajstić information content (AvgIpc) is 2.46.